The fraction of sp³-hybridized carbons (Fsp3) is 0.500. The van der Waals surface area contributed by atoms with Crippen LogP contribution in [0.25, 0.3) is 0 Å². The Hall–Kier alpha value is -1.58. The number of rotatable bonds is 10. The van der Waals surface area contributed by atoms with Crippen molar-refractivity contribution >= 4 is 25.1 Å². The highest BCUT2D eigenvalue weighted by molar-refractivity contribution is 5.69. The first-order chi connectivity index (χ1) is 7.70. The molecule has 1 unspecified atom stereocenters. The van der Waals surface area contributed by atoms with Crippen LogP contribution >= 0.6 is 0 Å². The Morgan fingerprint density at radius 1 is 0.938 bits per heavy atom. The Balaban J connectivity index is 5.09. The third kappa shape index (κ3) is 3.53. The summed E-state index contributed by atoms with van der Waals surface area (Å²) in [6, 6.07) is 0. The minimum atomic E-state index is -0.967. The summed E-state index contributed by atoms with van der Waals surface area (Å²) < 4.78 is 0. The first-order valence-corrected chi connectivity index (χ1v) is 5.09. The van der Waals surface area contributed by atoms with Gasteiger partial charge in [-0.3, -0.25) is 0 Å². The van der Waals surface area contributed by atoms with E-state index in [2.05, 4.69) is 6.58 Å². The predicted molar refractivity (Wildman–Crippen MR) is 58.8 cm³/mol. The average molecular weight is 224 g/mol. The lowest BCUT2D eigenvalue weighted by atomic mass is 9.69. The zero-order valence-electron chi connectivity index (χ0n) is 9.13. The Kier molecular flexibility index (Phi) is 6.92. The number of hydrogen-bond donors (Lipinski definition) is 0. The second-order valence-electron chi connectivity index (χ2n) is 3.72. The monoisotopic (exact) mass is 224 g/mol. The summed E-state index contributed by atoms with van der Waals surface area (Å²) in [5, 5.41) is 0. The van der Waals surface area contributed by atoms with Gasteiger partial charge in [-0.05, 0) is 12.3 Å². The normalized spacial score (nSPS) is 13.8. The van der Waals surface area contributed by atoms with Gasteiger partial charge in [-0.15, -0.1) is 6.58 Å². The van der Waals surface area contributed by atoms with Crippen LogP contribution in [-0.2, 0) is 19.2 Å². The molecule has 0 aliphatic carbocycles. The number of allylic oxidation sites excluding steroid dienone is 1. The number of aldehydes is 4. The molecule has 0 saturated carbocycles. The van der Waals surface area contributed by atoms with Crippen LogP contribution in [0.1, 0.15) is 25.7 Å². The van der Waals surface area contributed by atoms with Crippen LogP contribution in [-0.4, -0.2) is 25.1 Å². The van der Waals surface area contributed by atoms with E-state index < -0.39 is 11.3 Å². The van der Waals surface area contributed by atoms with Gasteiger partial charge in [0.1, 0.15) is 25.1 Å². The van der Waals surface area contributed by atoms with Crippen LogP contribution in [0.15, 0.2) is 12.7 Å². The van der Waals surface area contributed by atoms with Crippen molar-refractivity contribution in [3.05, 3.63) is 12.7 Å². The first kappa shape index (κ1) is 14.4. The third-order valence-corrected chi connectivity index (χ3v) is 2.80. The third-order valence-electron chi connectivity index (χ3n) is 2.80. The van der Waals surface area contributed by atoms with Crippen molar-refractivity contribution in [2.45, 2.75) is 25.7 Å². The number of carbonyl (C=O) groups excluding carboxylic acids is 4. The summed E-state index contributed by atoms with van der Waals surface area (Å²) in [6.45, 7) is 3.53. The standard InChI is InChI=1S/C12H16O4/c1-2-5-12(10-16,6-9-15)11(3-7-13)4-8-14/h2,7-11H,1,3-6H2. The van der Waals surface area contributed by atoms with E-state index in [1.54, 1.807) is 0 Å². The maximum absolute atomic E-state index is 11.2. The van der Waals surface area contributed by atoms with Crippen molar-refractivity contribution in [3.63, 3.8) is 0 Å². The zero-order valence-corrected chi connectivity index (χ0v) is 9.13. The molecule has 88 valence electrons. The molecule has 0 aliphatic rings. The molecule has 0 spiro atoms. The maximum atomic E-state index is 11.2. The van der Waals surface area contributed by atoms with Gasteiger partial charge >= 0.3 is 0 Å². The molecule has 0 aromatic carbocycles. The SMILES string of the molecule is C=CCC(C=O)(CC=O)C(CC=O)CC=O. The molecule has 0 heterocycles. The second kappa shape index (κ2) is 7.68. The fourth-order valence-electron chi connectivity index (χ4n) is 1.83. The molecule has 0 saturated heterocycles. The van der Waals surface area contributed by atoms with E-state index in [-0.39, 0.29) is 19.3 Å². The van der Waals surface area contributed by atoms with E-state index in [1.807, 2.05) is 0 Å². The van der Waals surface area contributed by atoms with Crippen molar-refractivity contribution in [1.29, 1.82) is 0 Å². The Morgan fingerprint density at radius 3 is 1.81 bits per heavy atom. The molecule has 1 atom stereocenters. The summed E-state index contributed by atoms with van der Waals surface area (Å²) in [4.78, 5) is 42.8. The molecule has 0 aliphatic heterocycles. The van der Waals surface area contributed by atoms with Gasteiger partial charge in [-0.25, -0.2) is 0 Å². The molecule has 0 radical (unpaired) electrons. The smallest absolute Gasteiger partial charge is 0.127 e. The lowest BCUT2D eigenvalue weighted by Crippen LogP contribution is -2.33. The topological polar surface area (TPSA) is 68.3 Å². The predicted octanol–water partition coefficient (Wildman–Crippen LogP) is 1.13. The van der Waals surface area contributed by atoms with E-state index in [0.717, 1.165) is 0 Å². The highest BCUT2D eigenvalue weighted by Crippen LogP contribution is 2.36. The van der Waals surface area contributed by atoms with Gasteiger partial charge in [-0.1, -0.05) is 6.08 Å². The highest BCUT2D eigenvalue weighted by Gasteiger charge is 2.36. The highest BCUT2D eigenvalue weighted by atomic mass is 16.1. The molecule has 0 aromatic heterocycles. The van der Waals surface area contributed by atoms with Crippen molar-refractivity contribution < 1.29 is 19.2 Å². The van der Waals surface area contributed by atoms with Crippen LogP contribution in [0.5, 0.6) is 0 Å². The molecular formula is C12H16O4. The second-order valence-corrected chi connectivity index (χ2v) is 3.72. The van der Waals surface area contributed by atoms with Crippen LogP contribution < -0.4 is 0 Å². The molecule has 0 rings (SSSR count). The molecular weight excluding hydrogens is 208 g/mol. The van der Waals surface area contributed by atoms with E-state index in [9.17, 15) is 19.2 Å². The van der Waals surface area contributed by atoms with Crippen molar-refractivity contribution in [1.82, 2.24) is 0 Å². The summed E-state index contributed by atoms with van der Waals surface area (Å²) in [7, 11) is 0. The summed E-state index contributed by atoms with van der Waals surface area (Å²) >= 11 is 0. The first-order valence-electron chi connectivity index (χ1n) is 5.09. The molecule has 0 amide bonds. The Morgan fingerprint density at radius 2 is 1.50 bits per heavy atom. The summed E-state index contributed by atoms with van der Waals surface area (Å²) in [6.07, 6.45) is 4.66. The molecule has 4 heteroatoms. The molecule has 0 fully saturated rings. The van der Waals surface area contributed by atoms with Crippen molar-refractivity contribution in [2.24, 2.45) is 11.3 Å². The molecule has 0 N–H and O–H groups in total. The van der Waals surface area contributed by atoms with Crippen LogP contribution in [0, 0.1) is 11.3 Å². The van der Waals surface area contributed by atoms with Crippen molar-refractivity contribution in [2.75, 3.05) is 0 Å². The van der Waals surface area contributed by atoms with Gasteiger partial charge in [0.15, 0.2) is 0 Å². The van der Waals surface area contributed by atoms with Gasteiger partial charge < -0.3 is 19.2 Å². The lowest BCUT2D eigenvalue weighted by Gasteiger charge is -2.32. The largest absolute Gasteiger partial charge is 0.303 e. The van der Waals surface area contributed by atoms with Crippen LogP contribution in [0.3, 0.4) is 0 Å². The maximum Gasteiger partial charge on any atom is 0.127 e. The van der Waals surface area contributed by atoms with Gasteiger partial charge in [-0.2, -0.15) is 0 Å². The van der Waals surface area contributed by atoms with Gasteiger partial charge in [0.25, 0.3) is 0 Å². The van der Waals surface area contributed by atoms with E-state index in [4.69, 9.17) is 0 Å². The average Bonchev–Trinajstić information content (AvgIpc) is 2.28. The molecule has 0 bridgehead atoms. The van der Waals surface area contributed by atoms with E-state index in [1.165, 1.54) is 6.08 Å². The summed E-state index contributed by atoms with van der Waals surface area (Å²) in [5.74, 6) is -0.428. The van der Waals surface area contributed by atoms with Crippen LogP contribution in [0.4, 0.5) is 0 Å². The Bertz CT molecular complexity index is 250. The fourth-order valence-corrected chi connectivity index (χ4v) is 1.83. The minimum Gasteiger partial charge on any atom is -0.303 e. The van der Waals surface area contributed by atoms with E-state index in [0.29, 0.717) is 31.6 Å². The van der Waals surface area contributed by atoms with Crippen molar-refractivity contribution in [3.8, 4) is 0 Å². The summed E-state index contributed by atoms with van der Waals surface area (Å²) in [5.41, 5.74) is -0.967. The molecule has 16 heavy (non-hydrogen) atoms. The Labute approximate surface area is 94.7 Å². The van der Waals surface area contributed by atoms with Gasteiger partial charge in [0.05, 0.1) is 0 Å². The number of carbonyl (C=O) groups is 4. The van der Waals surface area contributed by atoms with Crippen LogP contribution in [0.2, 0.25) is 0 Å². The number of hydrogen-bond acceptors (Lipinski definition) is 4. The zero-order chi connectivity index (χ0) is 12.4. The van der Waals surface area contributed by atoms with Gasteiger partial charge in [0.2, 0.25) is 0 Å². The quantitative estimate of drug-likeness (QED) is 0.412. The minimum absolute atomic E-state index is 0.00880. The molecule has 0 aromatic rings. The van der Waals surface area contributed by atoms with Gasteiger partial charge in [0, 0.05) is 24.7 Å². The molecule has 4 nitrogen and oxygen atoms in total. The van der Waals surface area contributed by atoms with E-state index >= 15 is 0 Å². The lowest BCUT2D eigenvalue weighted by molar-refractivity contribution is -0.126.